The maximum absolute atomic E-state index is 14.3. The number of nitrogens with zero attached hydrogens (tertiary/aromatic N) is 6. The lowest BCUT2D eigenvalue weighted by molar-refractivity contribution is -0.274. The SMILES string of the molecule is Cc1cc(N2C(=O)CSC2=NC(=O)N/N=C/c2ccc(-c3ncn(-c4ccc(OC(F)(F)F)cc4)n3)cc2)c(C(C)C)cc1F. The number of hydrogen-bond acceptors (Lipinski definition) is 7. The van der Waals surface area contributed by atoms with Crippen LogP contribution in [0, 0.1) is 12.7 Å². The normalized spacial score (nSPS) is 14.6. The van der Waals surface area contributed by atoms with Crippen LogP contribution in [-0.2, 0) is 4.79 Å². The molecule has 45 heavy (non-hydrogen) atoms. The van der Waals surface area contributed by atoms with Crippen LogP contribution in [0.25, 0.3) is 17.1 Å². The van der Waals surface area contributed by atoms with E-state index in [1.165, 1.54) is 52.5 Å². The molecule has 15 heteroatoms. The van der Waals surface area contributed by atoms with Gasteiger partial charge in [0.2, 0.25) is 5.91 Å². The van der Waals surface area contributed by atoms with Crippen LogP contribution in [0.4, 0.5) is 28.0 Å². The van der Waals surface area contributed by atoms with E-state index in [9.17, 15) is 27.2 Å². The first-order chi connectivity index (χ1) is 21.4. The van der Waals surface area contributed by atoms with Crippen LogP contribution in [0.5, 0.6) is 5.75 Å². The Labute approximate surface area is 258 Å². The smallest absolute Gasteiger partial charge is 0.406 e. The molecule has 1 aliphatic rings. The van der Waals surface area contributed by atoms with Crippen molar-refractivity contribution in [2.75, 3.05) is 10.7 Å². The molecule has 1 fully saturated rings. The number of amides is 3. The van der Waals surface area contributed by atoms with Crippen LogP contribution in [0.15, 0.2) is 77.1 Å². The van der Waals surface area contributed by atoms with Crippen molar-refractivity contribution in [3.8, 4) is 22.8 Å². The standard InChI is InChI=1S/C30H25F4N7O3S/c1-17(2)23-13-24(31)18(3)12-25(23)41-26(42)15-45-29(41)37-28(43)38-36-14-19-4-6-20(7-5-19)27-35-16-40(39-27)21-8-10-22(11-9-21)44-30(32,33)34/h4-14,16-17H,15H2,1-3H3,(H,38,43)/b36-14+,37-29?. The number of carbonyl (C=O) groups is 2. The van der Waals surface area contributed by atoms with Crippen LogP contribution in [0.2, 0.25) is 0 Å². The molecule has 232 valence electrons. The van der Waals surface area contributed by atoms with Crippen LogP contribution >= 0.6 is 11.8 Å². The van der Waals surface area contributed by atoms with Gasteiger partial charge in [-0.3, -0.25) is 9.69 Å². The number of hydrazone groups is 1. The Hall–Kier alpha value is -5.05. The molecule has 3 aromatic carbocycles. The van der Waals surface area contributed by atoms with Crippen molar-refractivity contribution in [1.29, 1.82) is 0 Å². The number of amidine groups is 1. The van der Waals surface area contributed by atoms with Gasteiger partial charge in [-0.1, -0.05) is 49.9 Å². The number of hydrogen-bond donors (Lipinski definition) is 1. The molecular weight excluding hydrogens is 614 g/mol. The van der Waals surface area contributed by atoms with E-state index >= 15 is 0 Å². The van der Waals surface area contributed by atoms with Crippen molar-refractivity contribution in [1.82, 2.24) is 20.2 Å². The van der Waals surface area contributed by atoms with Gasteiger partial charge >= 0.3 is 12.4 Å². The molecule has 1 N–H and O–H groups in total. The molecule has 3 amide bonds. The second-order valence-electron chi connectivity index (χ2n) is 10.1. The number of benzene rings is 3. The van der Waals surface area contributed by atoms with Crippen molar-refractivity contribution in [3.63, 3.8) is 0 Å². The number of halogens is 4. The zero-order valence-corrected chi connectivity index (χ0v) is 24.9. The third kappa shape index (κ3) is 7.55. The minimum Gasteiger partial charge on any atom is -0.406 e. The number of aromatic nitrogens is 3. The Morgan fingerprint density at radius 1 is 1.11 bits per heavy atom. The van der Waals surface area contributed by atoms with Crippen LogP contribution in [0.3, 0.4) is 0 Å². The summed E-state index contributed by atoms with van der Waals surface area (Å²) in [6.07, 6.45) is -1.94. The molecule has 0 saturated carbocycles. The van der Waals surface area contributed by atoms with Gasteiger partial charge in [0.15, 0.2) is 11.0 Å². The third-order valence-electron chi connectivity index (χ3n) is 6.50. The predicted molar refractivity (Wildman–Crippen MR) is 162 cm³/mol. The lowest BCUT2D eigenvalue weighted by Crippen LogP contribution is -2.32. The summed E-state index contributed by atoms with van der Waals surface area (Å²) in [4.78, 5) is 34.9. The molecule has 0 bridgehead atoms. The summed E-state index contributed by atoms with van der Waals surface area (Å²) in [7, 11) is 0. The first-order valence-electron chi connectivity index (χ1n) is 13.4. The third-order valence-corrected chi connectivity index (χ3v) is 7.43. The van der Waals surface area contributed by atoms with Gasteiger partial charge in [0.1, 0.15) is 17.9 Å². The molecule has 0 unspecified atom stereocenters. The van der Waals surface area contributed by atoms with E-state index < -0.39 is 12.4 Å². The Morgan fingerprint density at radius 3 is 2.49 bits per heavy atom. The number of aliphatic imine (C=N–C) groups is 1. The van der Waals surface area contributed by atoms with E-state index in [1.54, 1.807) is 37.3 Å². The van der Waals surface area contributed by atoms with E-state index in [4.69, 9.17) is 0 Å². The molecule has 1 aromatic heterocycles. The van der Waals surface area contributed by atoms with Gasteiger partial charge in [-0.25, -0.2) is 24.3 Å². The van der Waals surface area contributed by atoms with E-state index in [-0.39, 0.29) is 34.3 Å². The zero-order chi connectivity index (χ0) is 32.3. The Balaban J connectivity index is 1.22. The molecule has 2 heterocycles. The summed E-state index contributed by atoms with van der Waals surface area (Å²) in [5.41, 5.74) is 5.60. The maximum Gasteiger partial charge on any atom is 0.573 e. The van der Waals surface area contributed by atoms with E-state index in [2.05, 4.69) is 30.3 Å². The van der Waals surface area contributed by atoms with Gasteiger partial charge in [-0.05, 0) is 65.9 Å². The first kappa shape index (κ1) is 31.4. The summed E-state index contributed by atoms with van der Waals surface area (Å²) < 4.78 is 56.7. The molecule has 1 saturated heterocycles. The molecule has 4 aromatic rings. The van der Waals surface area contributed by atoms with Gasteiger partial charge in [0, 0.05) is 5.56 Å². The number of nitrogens with one attached hydrogen (secondary N) is 1. The van der Waals surface area contributed by atoms with Crippen molar-refractivity contribution in [2.45, 2.75) is 33.1 Å². The summed E-state index contributed by atoms with van der Waals surface area (Å²) in [6.45, 7) is 5.38. The number of aryl methyl sites for hydroxylation is 1. The number of ether oxygens (including phenoxy) is 1. The minimum absolute atomic E-state index is 0.0754. The molecule has 0 aliphatic carbocycles. The highest BCUT2D eigenvalue weighted by atomic mass is 32.2. The lowest BCUT2D eigenvalue weighted by Gasteiger charge is -2.22. The second-order valence-corrected chi connectivity index (χ2v) is 11.0. The van der Waals surface area contributed by atoms with Gasteiger partial charge in [0.25, 0.3) is 0 Å². The van der Waals surface area contributed by atoms with Gasteiger partial charge in [0.05, 0.1) is 23.3 Å². The molecule has 0 radical (unpaired) electrons. The van der Waals surface area contributed by atoms with Crippen LogP contribution in [0.1, 0.15) is 36.5 Å². The Kier molecular flexibility index (Phi) is 8.99. The lowest BCUT2D eigenvalue weighted by atomic mass is 9.98. The second kappa shape index (κ2) is 12.9. The van der Waals surface area contributed by atoms with Crippen LogP contribution < -0.4 is 15.1 Å². The van der Waals surface area contributed by atoms with Gasteiger partial charge < -0.3 is 4.74 Å². The fourth-order valence-corrected chi connectivity index (χ4v) is 5.19. The number of rotatable bonds is 7. The van der Waals surface area contributed by atoms with Crippen molar-refractivity contribution in [3.05, 3.63) is 89.5 Å². The number of urea groups is 1. The van der Waals surface area contributed by atoms with Gasteiger partial charge in [-0.15, -0.1) is 18.3 Å². The average molecular weight is 640 g/mol. The average Bonchev–Trinajstić information content (AvgIpc) is 3.61. The Morgan fingerprint density at radius 2 is 1.82 bits per heavy atom. The van der Waals surface area contributed by atoms with E-state index in [1.807, 2.05) is 13.8 Å². The largest absolute Gasteiger partial charge is 0.573 e. The first-order valence-corrected chi connectivity index (χ1v) is 14.4. The number of anilines is 1. The highest BCUT2D eigenvalue weighted by Gasteiger charge is 2.33. The van der Waals surface area contributed by atoms with Gasteiger partial charge in [-0.2, -0.15) is 10.1 Å². The van der Waals surface area contributed by atoms with Crippen molar-refractivity contribution in [2.24, 2.45) is 10.1 Å². The predicted octanol–water partition coefficient (Wildman–Crippen LogP) is 6.58. The van der Waals surface area contributed by atoms with E-state index in [0.29, 0.717) is 39.5 Å². The molecule has 0 spiro atoms. The highest BCUT2D eigenvalue weighted by molar-refractivity contribution is 8.15. The monoisotopic (exact) mass is 639 g/mol. The fraction of sp³-hybridized carbons (Fsp3) is 0.200. The quantitative estimate of drug-likeness (QED) is 0.139. The molecular formula is C30H25F4N7O3S. The summed E-state index contributed by atoms with van der Waals surface area (Å²) in [5, 5.41) is 8.47. The Bertz CT molecular complexity index is 1790. The van der Waals surface area contributed by atoms with E-state index in [0.717, 1.165) is 11.8 Å². The molecule has 1 aliphatic heterocycles. The topological polar surface area (TPSA) is 114 Å². The number of alkyl halides is 3. The molecule has 5 rings (SSSR count). The summed E-state index contributed by atoms with van der Waals surface area (Å²) in [5.74, 6) is -0.597. The highest BCUT2D eigenvalue weighted by Crippen LogP contribution is 2.35. The van der Waals surface area contributed by atoms with Crippen LogP contribution in [-0.4, -0.2) is 50.2 Å². The molecule has 0 atom stereocenters. The number of carbonyl (C=O) groups excluding carboxylic acids is 2. The zero-order valence-electron chi connectivity index (χ0n) is 24.0. The number of thioether (sulfide) groups is 1. The minimum atomic E-state index is -4.78. The maximum atomic E-state index is 14.3. The summed E-state index contributed by atoms with van der Waals surface area (Å²) in [6, 6.07) is 14.3. The molecule has 10 nitrogen and oxygen atoms in total. The van der Waals surface area contributed by atoms with Crippen molar-refractivity contribution < 1.29 is 31.9 Å². The fourth-order valence-electron chi connectivity index (χ4n) is 4.33. The summed E-state index contributed by atoms with van der Waals surface area (Å²) >= 11 is 1.10. The van der Waals surface area contributed by atoms with Crippen molar-refractivity contribution >= 4 is 40.8 Å².